The molecule has 3 rings (SSSR count). The molecule has 1 unspecified atom stereocenters. The van der Waals surface area contributed by atoms with Gasteiger partial charge in [0.2, 0.25) is 17.3 Å². The molecule has 0 amide bonds. The highest BCUT2D eigenvalue weighted by atomic mass is 32.1. The molecule has 134 valence electrons. The number of benzene rings is 1. The Morgan fingerprint density at radius 3 is 2.60 bits per heavy atom. The summed E-state index contributed by atoms with van der Waals surface area (Å²) in [5.41, 5.74) is 3.07. The SMILES string of the molecule is Cc1cc(O)c(C)c2c1OC(C)(C(=O)C[n+]1c(C)sc(C)c1C)CC2. The van der Waals surface area contributed by atoms with E-state index in [2.05, 4.69) is 18.4 Å². The molecule has 0 saturated carbocycles. The summed E-state index contributed by atoms with van der Waals surface area (Å²) in [6.07, 6.45) is 1.37. The predicted octanol–water partition coefficient (Wildman–Crippen LogP) is 3.64. The van der Waals surface area contributed by atoms with Crippen molar-refractivity contribution in [3.05, 3.63) is 38.3 Å². The van der Waals surface area contributed by atoms with Crippen molar-refractivity contribution in [1.82, 2.24) is 0 Å². The van der Waals surface area contributed by atoms with Crippen molar-refractivity contribution in [1.29, 1.82) is 0 Å². The zero-order valence-corrected chi connectivity index (χ0v) is 16.6. The molecule has 0 fully saturated rings. The van der Waals surface area contributed by atoms with Gasteiger partial charge in [-0.3, -0.25) is 4.79 Å². The number of hydrogen-bond donors (Lipinski definition) is 1. The molecule has 0 aliphatic carbocycles. The van der Waals surface area contributed by atoms with Crippen molar-refractivity contribution in [3.8, 4) is 11.5 Å². The number of Topliss-reactive ketones (excluding diaryl/α,β-unsaturated/α-hetero) is 1. The molecule has 0 saturated heterocycles. The van der Waals surface area contributed by atoms with Crippen LogP contribution in [0.15, 0.2) is 6.07 Å². The van der Waals surface area contributed by atoms with Gasteiger partial charge in [-0.25, -0.2) is 0 Å². The number of fused-ring (bicyclic) bond motifs is 1. The average Bonchev–Trinajstić information content (AvgIpc) is 2.79. The Labute approximate surface area is 153 Å². The van der Waals surface area contributed by atoms with E-state index >= 15 is 0 Å². The van der Waals surface area contributed by atoms with E-state index in [1.165, 1.54) is 4.88 Å². The number of carbonyl (C=O) groups excluding carboxylic acids is 1. The van der Waals surface area contributed by atoms with Crippen LogP contribution in [0.4, 0.5) is 0 Å². The first-order valence-electron chi connectivity index (χ1n) is 8.65. The normalized spacial score (nSPS) is 19.4. The van der Waals surface area contributed by atoms with Gasteiger partial charge in [-0.1, -0.05) is 11.3 Å². The molecule has 2 heterocycles. The number of thiazole rings is 1. The summed E-state index contributed by atoms with van der Waals surface area (Å²) in [5, 5.41) is 11.2. The lowest BCUT2D eigenvalue weighted by Crippen LogP contribution is -2.52. The molecule has 25 heavy (non-hydrogen) atoms. The molecule has 1 N–H and O–H groups in total. The smallest absolute Gasteiger partial charge is 0.240 e. The van der Waals surface area contributed by atoms with Crippen LogP contribution in [-0.4, -0.2) is 16.5 Å². The molecule has 2 aromatic rings. The van der Waals surface area contributed by atoms with E-state index in [-0.39, 0.29) is 5.78 Å². The summed E-state index contributed by atoms with van der Waals surface area (Å²) >= 11 is 1.72. The second-order valence-electron chi connectivity index (χ2n) is 7.25. The Morgan fingerprint density at radius 1 is 1.32 bits per heavy atom. The number of rotatable bonds is 3. The monoisotopic (exact) mass is 360 g/mol. The molecular formula is C20H26NO3S+. The maximum Gasteiger partial charge on any atom is 0.240 e. The summed E-state index contributed by atoms with van der Waals surface area (Å²) in [7, 11) is 0. The fourth-order valence-corrected chi connectivity index (χ4v) is 4.55. The van der Waals surface area contributed by atoms with E-state index in [1.54, 1.807) is 17.4 Å². The minimum atomic E-state index is -0.830. The number of aryl methyl sites for hydroxylation is 3. The van der Waals surface area contributed by atoms with Gasteiger partial charge in [-0.15, -0.1) is 0 Å². The number of aromatic hydroxyl groups is 1. The van der Waals surface area contributed by atoms with E-state index in [0.717, 1.165) is 39.6 Å². The summed E-state index contributed by atoms with van der Waals surface area (Å²) in [5.74, 6) is 1.15. The molecule has 1 aromatic carbocycles. The van der Waals surface area contributed by atoms with Crippen molar-refractivity contribution in [3.63, 3.8) is 0 Å². The first-order valence-corrected chi connectivity index (χ1v) is 9.46. The summed E-state index contributed by atoms with van der Waals surface area (Å²) < 4.78 is 8.32. The largest absolute Gasteiger partial charge is 0.508 e. The van der Waals surface area contributed by atoms with Crippen LogP contribution in [0.1, 0.15) is 45.6 Å². The van der Waals surface area contributed by atoms with Crippen LogP contribution >= 0.6 is 11.3 Å². The van der Waals surface area contributed by atoms with E-state index in [9.17, 15) is 9.90 Å². The summed E-state index contributed by atoms with van der Waals surface area (Å²) in [6.45, 7) is 12.2. The third-order valence-corrected chi connectivity index (χ3v) is 6.61. The van der Waals surface area contributed by atoms with Crippen molar-refractivity contribution < 1.29 is 19.2 Å². The predicted molar refractivity (Wildman–Crippen MR) is 98.7 cm³/mol. The Kier molecular flexibility index (Phi) is 4.40. The molecule has 1 aliphatic rings. The van der Waals surface area contributed by atoms with Crippen molar-refractivity contribution >= 4 is 17.1 Å². The Bertz CT molecular complexity index is 869. The van der Waals surface area contributed by atoms with Gasteiger partial charge in [-0.05, 0) is 57.7 Å². The summed E-state index contributed by atoms with van der Waals surface area (Å²) in [6, 6.07) is 1.72. The molecule has 5 heteroatoms. The van der Waals surface area contributed by atoms with Gasteiger partial charge in [0.25, 0.3) is 0 Å². The van der Waals surface area contributed by atoms with Crippen LogP contribution in [0.3, 0.4) is 0 Å². The molecule has 0 spiro atoms. The Hall–Kier alpha value is -1.88. The fraction of sp³-hybridized carbons (Fsp3) is 0.500. The lowest BCUT2D eigenvalue weighted by molar-refractivity contribution is -0.691. The van der Waals surface area contributed by atoms with Crippen LogP contribution in [0.5, 0.6) is 11.5 Å². The van der Waals surface area contributed by atoms with Gasteiger partial charge < -0.3 is 9.84 Å². The second-order valence-corrected chi connectivity index (χ2v) is 8.66. The number of carbonyl (C=O) groups is 1. The highest BCUT2D eigenvalue weighted by Crippen LogP contribution is 2.41. The molecule has 4 nitrogen and oxygen atoms in total. The number of nitrogens with zero attached hydrogens (tertiary/aromatic N) is 1. The molecule has 1 atom stereocenters. The molecule has 1 aromatic heterocycles. The van der Waals surface area contributed by atoms with Gasteiger partial charge in [0.15, 0.2) is 11.3 Å². The molecular weight excluding hydrogens is 334 g/mol. The second kappa shape index (κ2) is 6.13. The van der Waals surface area contributed by atoms with Crippen molar-refractivity contribution in [2.24, 2.45) is 0 Å². The molecule has 0 radical (unpaired) electrons. The highest BCUT2D eigenvalue weighted by molar-refractivity contribution is 7.11. The van der Waals surface area contributed by atoms with Crippen LogP contribution in [0.25, 0.3) is 0 Å². The number of ketones is 1. The minimum absolute atomic E-state index is 0.0947. The number of phenols is 1. The van der Waals surface area contributed by atoms with E-state index in [4.69, 9.17) is 4.74 Å². The third kappa shape index (κ3) is 2.95. The van der Waals surface area contributed by atoms with Gasteiger partial charge >= 0.3 is 0 Å². The number of aromatic nitrogens is 1. The van der Waals surface area contributed by atoms with Gasteiger partial charge in [0.05, 0.1) is 4.88 Å². The summed E-state index contributed by atoms with van der Waals surface area (Å²) in [4.78, 5) is 14.3. The number of phenolic OH excluding ortho intramolecular Hbond substituents is 1. The number of ether oxygens (including phenoxy) is 1. The Morgan fingerprint density at radius 2 is 2.00 bits per heavy atom. The minimum Gasteiger partial charge on any atom is -0.508 e. The average molecular weight is 360 g/mol. The Balaban J connectivity index is 1.91. The zero-order valence-electron chi connectivity index (χ0n) is 15.8. The fourth-order valence-electron chi connectivity index (χ4n) is 3.54. The van der Waals surface area contributed by atoms with Gasteiger partial charge in [0.1, 0.15) is 11.5 Å². The first kappa shape index (κ1) is 17.9. The lowest BCUT2D eigenvalue weighted by atomic mass is 9.86. The quantitative estimate of drug-likeness (QED) is 0.850. The molecule has 1 aliphatic heterocycles. The van der Waals surface area contributed by atoms with E-state index in [0.29, 0.717) is 18.7 Å². The first-order chi connectivity index (χ1) is 11.6. The zero-order chi connectivity index (χ0) is 18.5. The standard InChI is InChI=1S/C20H25NO3S/c1-11-9-17(22)12(2)16-7-8-20(6,24-19(11)16)18(23)10-21-13(3)14(4)25-15(21)5/h9H,7-8,10H2,1-6H3/p+1. The molecule has 0 bridgehead atoms. The topological polar surface area (TPSA) is 50.4 Å². The van der Waals surface area contributed by atoms with Gasteiger partial charge in [-0.2, -0.15) is 4.57 Å². The van der Waals surface area contributed by atoms with Crippen LogP contribution in [0.2, 0.25) is 0 Å². The van der Waals surface area contributed by atoms with Crippen molar-refractivity contribution in [2.75, 3.05) is 0 Å². The highest BCUT2D eigenvalue weighted by Gasteiger charge is 2.42. The van der Waals surface area contributed by atoms with Crippen LogP contribution < -0.4 is 9.30 Å². The van der Waals surface area contributed by atoms with Crippen LogP contribution in [-0.2, 0) is 17.8 Å². The maximum absolute atomic E-state index is 13.1. The van der Waals surface area contributed by atoms with Gasteiger partial charge in [0, 0.05) is 19.4 Å². The maximum atomic E-state index is 13.1. The van der Waals surface area contributed by atoms with E-state index in [1.807, 2.05) is 27.7 Å². The van der Waals surface area contributed by atoms with E-state index < -0.39 is 5.60 Å². The lowest BCUT2D eigenvalue weighted by Gasteiger charge is -2.35. The van der Waals surface area contributed by atoms with Crippen LogP contribution in [0, 0.1) is 34.6 Å². The number of hydrogen-bond acceptors (Lipinski definition) is 4. The third-order valence-electron chi connectivity index (χ3n) is 5.49. The van der Waals surface area contributed by atoms with Crippen molar-refractivity contribution in [2.45, 2.75) is 66.5 Å².